The van der Waals surface area contributed by atoms with E-state index in [1.807, 2.05) is 18.2 Å². The van der Waals surface area contributed by atoms with E-state index in [0.29, 0.717) is 12.5 Å². The zero-order valence-corrected chi connectivity index (χ0v) is 9.19. The SMILES string of the molecule is CONCc1ccc2oc(C3CC3)nc2c1. The van der Waals surface area contributed by atoms with Gasteiger partial charge in [-0.05, 0) is 30.5 Å². The molecular formula is C12H14N2O2. The monoisotopic (exact) mass is 218 g/mol. The number of hydroxylamine groups is 1. The second kappa shape index (κ2) is 3.88. The molecule has 1 aromatic heterocycles. The van der Waals surface area contributed by atoms with Crippen LogP contribution in [0.3, 0.4) is 0 Å². The van der Waals surface area contributed by atoms with E-state index in [2.05, 4.69) is 10.5 Å². The lowest BCUT2D eigenvalue weighted by Gasteiger charge is -2.00. The van der Waals surface area contributed by atoms with Gasteiger partial charge in [-0.15, -0.1) is 0 Å². The Kier molecular flexibility index (Phi) is 2.38. The van der Waals surface area contributed by atoms with Crippen LogP contribution >= 0.6 is 0 Å². The van der Waals surface area contributed by atoms with Crippen molar-refractivity contribution in [3.05, 3.63) is 29.7 Å². The molecule has 1 saturated carbocycles. The van der Waals surface area contributed by atoms with Gasteiger partial charge >= 0.3 is 0 Å². The first kappa shape index (κ1) is 9.81. The minimum absolute atomic E-state index is 0.563. The molecule has 16 heavy (non-hydrogen) atoms. The maximum absolute atomic E-state index is 5.69. The molecule has 4 nitrogen and oxygen atoms in total. The second-order valence-corrected chi connectivity index (χ2v) is 4.15. The molecule has 84 valence electrons. The highest BCUT2D eigenvalue weighted by Crippen LogP contribution is 2.40. The molecule has 1 heterocycles. The van der Waals surface area contributed by atoms with Crippen LogP contribution in [0.2, 0.25) is 0 Å². The average molecular weight is 218 g/mol. The van der Waals surface area contributed by atoms with E-state index >= 15 is 0 Å². The van der Waals surface area contributed by atoms with Crippen LogP contribution in [0, 0.1) is 0 Å². The van der Waals surface area contributed by atoms with Gasteiger partial charge in [0.2, 0.25) is 0 Å². The van der Waals surface area contributed by atoms with E-state index < -0.39 is 0 Å². The van der Waals surface area contributed by atoms with Crippen molar-refractivity contribution in [3.63, 3.8) is 0 Å². The number of nitrogens with zero attached hydrogens (tertiary/aromatic N) is 1. The van der Waals surface area contributed by atoms with Gasteiger partial charge in [0.15, 0.2) is 11.5 Å². The minimum Gasteiger partial charge on any atom is -0.440 e. The first-order valence-electron chi connectivity index (χ1n) is 5.52. The number of fused-ring (bicyclic) bond motifs is 1. The molecule has 0 unspecified atom stereocenters. The quantitative estimate of drug-likeness (QED) is 0.800. The van der Waals surface area contributed by atoms with E-state index in [1.54, 1.807) is 7.11 Å². The first-order chi connectivity index (χ1) is 7.86. The Hall–Kier alpha value is -1.39. The maximum Gasteiger partial charge on any atom is 0.198 e. The van der Waals surface area contributed by atoms with Crippen LogP contribution in [0.1, 0.15) is 30.2 Å². The predicted octanol–water partition coefficient (Wildman–Crippen LogP) is 2.36. The van der Waals surface area contributed by atoms with Gasteiger partial charge in [-0.3, -0.25) is 0 Å². The van der Waals surface area contributed by atoms with Crippen molar-refractivity contribution < 1.29 is 9.25 Å². The molecule has 2 aromatic rings. The number of benzene rings is 1. The molecule has 4 heteroatoms. The first-order valence-corrected chi connectivity index (χ1v) is 5.52. The van der Waals surface area contributed by atoms with Gasteiger partial charge in [0.1, 0.15) is 5.52 Å². The molecule has 3 rings (SSSR count). The van der Waals surface area contributed by atoms with Crippen LogP contribution in [0.25, 0.3) is 11.1 Å². The van der Waals surface area contributed by atoms with Gasteiger partial charge in [-0.2, -0.15) is 5.48 Å². The minimum atomic E-state index is 0.563. The number of rotatable bonds is 4. The molecule has 0 aliphatic heterocycles. The molecule has 0 bridgehead atoms. The van der Waals surface area contributed by atoms with E-state index in [1.165, 1.54) is 12.8 Å². The number of aromatic nitrogens is 1. The normalized spacial score (nSPS) is 15.8. The highest BCUT2D eigenvalue weighted by Gasteiger charge is 2.28. The molecule has 1 N–H and O–H groups in total. The van der Waals surface area contributed by atoms with Gasteiger partial charge in [0, 0.05) is 12.5 Å². The Morgan fingerprint density at radius 1 is 1.50 bits per heavy atom. The number of oxazole rings is 1. The smallest absolute Gasteiger partial charge is 0.198 e. The fourth-order valence-corrected chi connectivity index (χ4v) is 1.76. The Balaban J connectivity index is 1.90. The fourth-order valence-electron chi connectivity index (χ4n) is 1.76. The zero-order chi connectivity index (χ0) is 11.0. The molecule has 1 aliphatic rings. The number of hydrogen-bond acceptors (Lipinski definition) is 4. The van der Waals surface area contributed by atoms with Crippen molar-refractivity contribution >= 4 is 11.1 Å². The summed E-state index contributed by atoms with van der Waals surface area (Å²) in [5.41, 5.74) is 5.78. The lowest BCUT2D eigenvalue weighted by Crippen LogP contribution is -2.10. The van der Waals surface area contributed by atoms with Crippen molar-refractivity contribution in [2.45, 2.75) is 25.3 Å². The molecule has 0 atom stereocenters. The van der Waals surface area contributed by atoms with Crippen LogP contribution in [0.5, 0.6) is 0 Å². The van der Waals surface area contributed by atoms with E-state index in [0.717, 1.165) is 22.6 Å². The Bertz CT molecular complexity index is 503. The van der Waals surface area contributed by atoms with Gasteiger partial charge in [-0.25, -0.2) is 4.98 Å². The summed E-state index contributed by atoms with van der Waals surface area (Å²) in [5, 5.41) is 0. The summed E-state index contributed by atoms with van der Waals surface area (Å²) in [5.74, 6) is 1.46. The summed E-state index contributed by atoms with van der Waals surface area (Å²) < 4.78 is 5.69. The van der Waals surface area contributed by atoms with E-state index in [4.69, 9.17) is 9.25 Å². The van der Waals surface area contributed by atoms with Gasteiger partial charge in [-0.1, -0.05) is 6.07 Å². The van der Waals surface area contributed by atoms with Gasteiger partial charge in [0.05, 0.1) is 7.11 Å². The lowest BCUT2D eigenvalue weighted by molar-refractivity contribution is 0.0867. The molecular weight excluding hydrogens is 204 g/mol. The maximum atomic E-state index is 5.69. The lowest BCUT2D eigenvalue weighted by atomic mass is 10.2. The molecule has 0 saturated heterocycles. The second-order valence-electron chi connectivity index (χ2n) is 4.15. The zero-order valence-electron chi connectivity index (χ0n) is 9.19. The molecule has 1 fully saturated rings. The van der Waals surface area contributed by atoms with E-state index in [-0.39, 0.29) is 0 Å². The highest BCUT2D eigenvalue weighted by molar-refractivity contribution is 5.73. The predicted molar refractivity (Wildman–Crippen MR) is 59.8 cm³/mol. The number of hydrogen-bond donors (Lipinski definition) is 1. The fraction of sp³-hybridized carbons (Fsp3) is 0.417. The third kappa shape index (κ3) is 1.81. The summed E-state index contributed by atoms with van der Waals surface area (Å²) in [7, 11) is 1.61. The highest BCUT2D eigenvalue weighted by atomic mass is 16.6. The van der Waals surface area contributed by atoms with Crippen molar-refractivity contribution in [2.24, 2.45) is 0 Å². The van der Waals surface area contributed by atoms with Crippen LogP contribution < -0.4 is 5.48 Å². The Labute approximate surface area is 93.6 Å². The Morgan fingerprint density at radius 3 is 3.12 bits per heavy atom. The third-order valence-electron chi connectivity index (χ3n) is 2.82. The summed E-state index contributed by atoms with van der Waals surface area (Å²) in [6.07, 6.45) is 2.43. The van der Waals surface area contributed by atoms with Crippen molar-refractivity contribution in [1.29, 1.82) is 0 Å². The van der Waals surface area contributed by atoms with Crippen molar-refractivity contribution in [3.8, 4) is 0 Å². The summed E-state index contributed by atoms with van der Waals surface area (Å²) in [6, 6.07) is 6.04. The molecule has 0 amide bonds. The Morgan fingerprint density at radius 2 is 2.38 bits per heavy atom. The standard InChI is InChI=1S/C12H14N2O2/c1-15-13-7-8-2-5-11-10(6-8)14-12(16-11)9-3-4-9/h2,5-6,9,13H,3-4,7H2,1H3. The van der Waals surface area contributed by atoms with Crippen molar-refractivity contribution in [1.82, 2.24) is 10.5 Å². The van der Waals surface area contributed by atoms with Crippen LogP contribution in [0.4, 0.5) is 0 Å². The van der Waals surface area contributed by atoms with Crippen LogP contribution in [-0.2, 0) is 11.4 Å². The molecule has 0 radical (unpaired) electrons. The summed E-state index contributed by atoms with van der Waals surface area (Å²) >= 11 is 0. The van der Waals surface area contributed by atoms with Crippen molar-refractivity contribution in [2.75, 3.05) is 7.11 Å². The van der Waals surface area contributed by atoms with Crippen LogP contribution in [-0.4, -0.2) is 12.1 Å². The van der Waals surface area contributed by atoms with Gasteiger partial charge < -0.3 is 9.25 Å². The average Bonchev–Trinajstić information content (AvgIpc) is 3.06. The third-order valence-corrected chi connectivity index (χ3v) is 2.82. The van der Waals surface area contributed by atoms with E-state index in [9.17, 15) is 0 Å². The van der Waals surface area contributed by atoms with Gasteiger partial charge in [0.25, 0.3) is 0 Å². The topological polar surface area (TPSA) is 47.3 Å². The molecule has 1 aliphatic carbocycles. The molecule has 0 spiro atoms. The van der Waals surface area contributed by atoms with Crippen LogP contribution in [0.15, 0.2) is 22.6 Å². The summed E-state index contributed by atoms with van der Waals surface area (Å²) in [6.45, 7) is 0.679. The molecule has 1 aromatic carbocycles. The largest absolute Gasteiger partial charge is 0.440 e. The summed E-state index contributed by atoms with van der Waals surface area (Å²) in [4.78, 5) is 9.33. The number of nitrogens with one attached hydrogen (secondary N) is 1.